The maximum absolute atomic E-state index is 12.5. The van der Waals surface area contributed by atoms with Gasteiger partial charge in [0.15, 0.2) is 0 Å². The average molecular weight is 408 g/mol. The summed E-state index contributed by atoms with van der Waals surface area (Å²) in [4.78, 5) is 25.7. The standard InChI is InChI=1S/C22H22ClN5O/c1-17-24-20(26-10-4-5-11-26)16-21(25-17)27-12-14-28(15-13-27)22(29)9-8-18-6-2-3-7-19(18)23/h2-11,16H,12-15H2,1H3/b9-8+. The molecule has 1 fully saturated rings. The molecule has 4 rings (SSSR count). The highest BCUT2D eigenvalue weighted by Crippen LogP contribution is 2.19. The molecule has 0 aliphatic carbocycles. The van der Waals surface area contributed by atoms with E-state index in [4.69, 9.17) is 11.6 Å². The summed E-state index contributed by atoms with van der Waals surface area (Å²) in [5.74, 6) is 2.46. The average Bonchev–Trinajstić information content (AvgIpc) is 3.28. The maximum atomic E-state index is 12.5. The Bertz CT molecular complexity index is 1020. The zero-order valence-corrected chi connectivity index (χ0v) is 17.0. The summed E-state index contributed by atoms with van der Waals surface area (Å²) in [6, 6.07) is 13.4. The van der Waals surface area contributed by atoms with Crippen molar-refractivity contribution in [1.82, 2.24) is 19.4 Å². The van der Waals surface area contributed by atoms with Gasteiger partial charge in [-0.3, -0.25) is 4.79 Å². The van der Waals surface area contributed by atoms with Crippen molar-refractivity contribution >= 4 is 29.4 Å². The van der Waals surface area contributed by atoms with Crippen molar-refractivity contribution in [3.63, 3.8) is 0 Å². The Kier molecular flexibility index (Phi) is 5.62. The van der Waals surface area contributed by atoms with Gasteiger partial charge in [0.2, 0.25) is 5.91 Å². The lowest BCUT2D eigenvalue weighted by Gasteiger charge is -2.35. The second-order valence-corrected chi connectivity index (χ2v) is 7.30. The first kappa shape index (κ1) is 19.2. The maximum Gasteiger partial charge on any atom is 0.246 e. The van der Waals surface area contributed by atoms with Crippen LogP contribution >= 0.6 is 11.6 Å². The third kappa shape index (κ3) is 4.49. The second kappa shape index (κ2) is 8.49. The van der Waals surface area contributed by atoms with Gasteiger partial charge >= 0.3 is 0 Å². The predicted octanol–water partition coefficient (Wildman–Crippen LogP) is 3.59. The van der Waals surface area contributed by atoms with Gasteiger partial charge in [0, 0.05) is 55.7 Å². The highest BCUT2D eigenvalue weighted by atomic mass is 35.5. The van der Waals surface area contributed by atoms with E-state index < -0.39 is 0 Å². The molecule has 1 amide bonds. The number of piperazine rings is 1. The molecule has 0 radical (unpaired) electrons. The van der Waals surface area contributed by atoms with E-state index in [2.05, 4.69) is 14.9 Å². The summed E-state index contributed by atoms with van der Waals surface area (Å²) >= 11 is 6.15. The van der Waals surface area contributed by atoms with Crippen LogP contribution in [0.25, 0.3) is 11.9 Å². The summed E-state index contributed by atoms with van der Waals surface area (Å²) in [6.07, 6.45) is 7.30. The van der Waals surface area contributed by atoms with Crippen LogP contribution in [0.4, 0.5) is 5.82 Å². The number of hydrogen-bond acceptors (Lipinski definition) is 4. The molecule has 1 aromatic carbocycles. The molecular weight excluding hydrogens is 386 g/mol. The Morgan fingerprint density at radius 2 is 1.69 bits per heavy atom. The molecule has 1 saturated heterocycles. The van der Waals surface area contributed by atoms with E-state index in [1.165, 1.54) is 0 Å². The molecule has 0 atom stereocenters. The normalized spacial score (nSPS) is 14.6. The molecule has 3 aromatic rings. The highest BCUT2D eigenvalue weighted by molar-refractivity contribution is 6.32. The first-order chi connectivity index (χ1) is 14.1. The Morgan fingerprint density at radius 3 is 2.41 bits per heavy atom. The summed E-state index contributed by atoms with van der Waals surface area (Å²) in [7, 11) is 0. The van der Waals surface area contributed by atoms with Crippen LogP contribution in [0.5, 0.6) is 0 Å². The summed E-state index contributed by atoms with van der Waals surface area (Å²) in [6.45, 7) is 4.65. The quantitative estimate of drug-likeness (QED) is 0.620. The number of rotatable bonds is 4. The highest BCUT2D eigenvalue weighted by Gasteiger charge is 2.21. The fourth-order valence-corrected chi connectivity index (χ4v) is 3.55. The number of anilines is 1. The van der Waals surface area contributed by atoms with E-state index in [1.807, 2.05) is 71.2 Å². The van der Waals surface area contributed by atoms with Gasteiger partial charge in [-0.25, -0.2) is 9.97 Å². The fraction of sp³-hybridized carbons (Fsp3) is 0.227. The molecular formula is C22H22ClN5O. The number of amides is 1. The lowest BCUT2D eigenvalue weighted by atomic mass is 10.2. The largest absolute Gasteiger partial charge is 0.353 e. The predicted molar refractivity (Wildman–Crippen MR) is 115 cm³/mol. The minimum atomic E-state index is -0.00327. The number of nitrogens with zero attached hydrogens (tertiary/aromatic N) is 5. The van der Waals surface area contributed by atoms with Crippen molar-refractivity contribution < 1.29 is 4.79 Å². The fourth-order valence-electron chi connectivity index (χ4n) is 3.35. The Hall–Kier alpha value is -3.12. The number of carbonyl (C=O) groups excluding carboxylic acids is 1. The minimum absolute atomic E-state index is 0.00327. The molecule has 0 N–H and O–H groups in total. The topological polar surface area (TPSA) is 54.3 Å². The van der Waals surface area contributed by atoms with E-state index in [0.29, 0.717) is 18.1 Å². The monoisotopic (exact) mass is 407 g/mol. The van der Waals surface area contributed by atoms with Crippen molar-refractivity contribution in [3.05, 3.63) is 77.3 Å². The number of carbonyl (C=O) groups is 1. The van der Waals surface area contributed by atoms with Crippen LogP contribution in [0.3, 0.4) is 0 Å². The molecule has 0 saturated carbocycles. The van der Waals surface area contributed by atoms with E-state index in [-0.39, 0.29) is 5.91 Å². The molecule has 0 bridgehead atoms. The molecule has 1 aliphatic heterocycles. The molecule has 1 aliphatic rings. The van der Waals surface area contributed by atoms with Crippen molar-refractivity contribution in [2.45, 2.75) is 6.92 Å². The molecule has 148 valence electrons. The minimum Gasteiger partial charge on any atom is -0.353 e. The number of hydrogen-bond donors (Lipinski definition) is 0. The van der Waals surface area contributed by atoms with E-state index >= 15 is 0 Å². The molecule has 7 heteroatoms. The first-order valence-electron chi connectivity index (χ1n) is 9.56. The van der Waals surface area contributed by atoms with Crippen LogP contribution in [0.1, 0.15) is 11.4 Å². The van der Waals surface area contributed by atoms with Crippen molar-refractivity contribution in [2.24, 2.45) is 0 Å². The van der Waals surface area contributed by atoms with E-state index in [9.17, 15) is 4.79 Å². The number of halogens is 1. The van der Waals surface area contributed by atoms with Gasteiger partial charge < -0.3 is 14.4 Å². The van der Waals surface area contributed by atoms with Crippen molar-refractivity contribution in [2.75, 3.05) is 31.1 Å². The van der Waals surface area contributed by atoms with Crippen LogP contribution in [0.2, 0.25) is 5.02 Å². The van der Waals surface area contributed by atoms with Crippen molar-refractivity contribution in [1.29, 1.82) is 0 Å². The zero-order valence-electron chi connectivity index (χ0n) is 16.2. The zero-order chi connectivity index (χ0) is 20.2. The lowest BCUT2D eigenvalue weighted by molar-refractivity contribution is -0.126. The van der Waals surface area contributed by atoms with E-state index in [0.717, 1.165) is 36.1 Å². The summed E-state index contributed by atoms with van der Waals surface area (Å²) < 4.78 is 1.97. The Morgan fingerprint density at radius 1 is 1.00 bits per heavy atom. The van der Waals surface area contributed by atoms with Crippen LogP contribution in [-0.4, -0.2) is 51.5 Å². The summed E-state index contributed by atoms with van der Waals surface area (Å²) in [5, 5.41) is 0.638. The van der Waals surface area contributed by atoms with Crippen LogP contribution in [0.15, 0.2) is 60.9 Å². The molecule has 6 nitrogen and oxygen atoms in total. The lowest BCUT2D eigenvalue weighted by Crippen LogP contribution is -2.48. The SMILES string of the molecule is Cc1nc(N2CCN(C(=O)/C=C/c3ccccc3Cl)CC2)cc(-n2cccc2)n1. The number of aromatic nitrogens is 3. The third-order valence-electron chi connectivity index (χ3n) is 4.91. The Balaban J connectivity index is 1.41. The molecule has 2 aromatic heterocycles. The van der Waals surface area contributed by atoms with Crippen molar-refractivity contribution in [3.8, 4) is 5.82 Å². The van der Waals surface area contributed by atoms with Gasteiger partial charge in [0.05, 0.1) is 0 Å². The first-order valence-corrected chi connectivity index (χ1v) is 9.93. The van der Waals surface area contributed by atoms with Gasteiger partial charge in [0.25, 0.3) is 0 Å². The molecule has 29 heavy (non-hydrogen) atoms. The Labute approximate surface area is 175 Å². The second-order valence-electron chi connectivity index (χ2n) is 6.89. The molecule has 0 unspecified atom stereocenters. The van der Waals surface area contributed by atoms with Crippen LogP contribution < -0.4 is 4.90 Å². The van der Waals surface area contributed by atoms with Crippen LogP contribution in [0, 0.1) is 6.92 Å². The number of aryl methyl sites for hydroxylation is 1. The number of benzene rings is 1. The van der Waals surface area contributed by atoms with Gasteiger partial charge in [-0.15, -0.1) is 0 Å². The summed E-state index contributed by atoms with van der Waals surface area (Å²) in [5.41, 5.74) is 0.843. The smallest absolute Gasteiger partial charge is 0.246 e. The van der Waals surface area contributed by atoms with Gasteiger partial charge in [0.1, 0.15) is 17.5 Å². The van der Waals surface area contributed by atoms with Gasteiger partial charge in [-0.05, 0) is 36.8 Å². The van der Waals surface area contributed by atoms with Gasteiger partial charge in [-0.2, -0.15) is 0 Å². The molecule has 0 spiro atoms. The third-order valence-corrected chi connectivity index (χ3v) is 5.25. The van der Waals surface area contributed by atoms with Crippen LogP contribution in [-0.2, 0) is 4.79 Å². The van der Waals surface area contributed by atoms with Gasteiger partial charge in [-0.1, -0.05) is 29.8 Å². The molecule has 3 heterocycles. The van der Waals surface area contributed by atoms with E-state index in [1.54, 1.807) is 12.2 Å².